The smallest absolute Gasteiger partial charge is 0.159 e. The quantitative estimate of drug-likeness (QED) is 0.741. The van der Waals surface area contributed by atoms with Crippen molar-refractivity contribution < 1.29 is 9.53 Å². The standard InChI is InChI=1S/C13H11ClO2/c1-8(15)10-5-9-3-4-11(16-2)7-12(9)13(14)6-10/h3-7H,1-2H3. The van der Waals surface area contributed by atoms with E-state index in [0.29, 0.717) is 10.6 Å². The van der Waals surface area contributed by atoms with Gasteiger partial charge in [0.15, 0.2) is 5.78 Å². The van der Waals surface area contributed by atoms with Crippen LogP contribution in [0.15, 0.2) is 30.3 Å². The van der Waals surface area contributed by atoms with Crippen LogP contribution in [0.5, 0.6) is 5.75 Å². The summed E-state index contributed by atoms with van der Waals surface area (Å²) >= 11 is 6.13. The van der Waals surface area contributed by atoms with Crippen molar-refractivity contribution in [2.45, 2.75) is 6.92 Å². The van der Waals surface area contributed by atoms with E-state index >= 15 is 0 Å². The second kappa shape index (κ2) is 4.14. The van der Waals surface area contributed by atoms with Crippen molar-refractivity contribution in [2.75, 3.05) is 7.11 Å². The van der Waals surface area contributed by atoms with E-state index < -0.39 is 0 Å². The number of hydrogen-bond acceptors (Lipinski definition) is 2. The Balaban J connectivity index is 2.71. The first kappa shape index (κ1) is 11.0. The molecule has 0 N–H and O–H groups in total. The molecule has 0 heterocycles. The summed E-state index contributed by atoms with van der Waals surface area (Å²) in [7, 11) is 1.61. The van der Waals surface area contributed by atoms with E-state index in [0.717, 1.165) is 16.5 Å². The topological polar surface area (TPSA) is 26.3 Å². The molecule has 0 aromatic heterocycles. The van der Waals surface area contributed by atoms with Crippen molar-refractivity contribution in [3.63, 3.8) is 0 Å². The van der Waals surface area contributed by atoms with E-state index in [-0.39, 0.29) is 5.78 Å². The van der Waals surface area contributed by atoms with Crippen LogP contribution in [0.25, 0.3) is 10.8 Å². The van der Waals surface area contributed by atoms with Crippen LogP contribution in [-0.4, -0.2) is 12.9 Å². The third-order valence-corrected chi connectivity index (χ3v) is 2.83. The molecule has 0 unspecified atom stereocenters. The molecule has 2 rings (SSSR count). The maximum atomic E-state index is 11.3. The SMILES string of the molecule is COc1ccc2cc(C(C)=O)cc(Cl)c2c1. The minimum Gasteiger partial charge on any atom is -0.497 e. The average molecular weight is 235 g/mol. The molecular formula is C13H11ClO2. The highest BCUT2D eigenvalue weighted by atomic mass is 35.5. The van der Waals surface area contributed by atoms with Crippen molar-refractivity contribution in [2.24, 2.45) is 0 Å². The van der Waals surface area contributed by atoms with E-state index in [1.54, 1.807) is 13.2 Å². The predicted octanol–water partition coefficient (Wildman–Crippen LogP) is 3.70. The molecule has 0 saturated carbocycles. The van der Waals surface area contributed by atoms with Crippen LogP contribution in [-0.2, 0) is 0 Å². The van der Waals surface area contributed by atoms with Crippen LogP contribution < -0.4 is 4.74 Å². The van der Waals surface area contributed by atoms with E-state index in [9.17, 15) is 4.79 Å². The second-order valence-electron chi connectivity index (χ2n) is 3.60. The van der Waals surface area contributed by atoms with Crippen LogP contribution in [0.3, 0.4) is 0 Å². The Morgan fingerprint density at radius 2 is 2.00 bits per heavy atom. The van der Waals surface area contributed by atoms with Crippen molar-refractivity contribution in [3.05, 3.63) is 40.9 Å². The molecule has 0 spiro atoms. The lowest BCUT2D eigenvalue weighted by Gasteiger charge is -2.06. The zero-order valence-corrected chi connectivity index (χ0v) is 9.84. The van der Waals surface area contributed by atoms with E-state index in [1.807, 2.05) is 24.3 Å². The molecule has 0 radical (unpaired) electrons. The molecule has 16 heavy (non-hydrogen) atoms. The average Bonchev–Trinajstić information content (AvgIpc) is 2.28. The molecule has 0 saturated heterocycles. The summed E-state index contributed by atoms with van der Waals surface area (Å²) < 4.78 is 5.13. The van der Waals surface area contributed by atoms with Crippen LogP contribution >= 0.6 is 11.6 Å². The van der Waals surface area contributed by atoms with Gasteiger partial charge in [-0.2, -0.15) is 0 Å². The lowest BCUT2D eigenvalue weighted by molar-refractivity contribution is 0.101. The number of ether oxygens (including phenoxy) is 1. The minimum atomic E-state index is 0.0135. The molecule has 82 valence electrons. The Hall–Kier alpha value is -1.54. The molecular weight excluding hydrogens is 224 g/mol. The summed E-state index contributed by atoms with van der Waals surface area (Å²) in [5.41, 5.74) is 0.627. The lowest BCUT2D eigenvalue weighted by Crippen LogP contribution is -1.92. The first-order chi connectivity index (χ1) is 7.61. The molecule has 2 aromatic rings. The maximum Gasteiger partial charge on any atom is 0.159 e. The Morgan fingerprint density at radius 3 is 2.62 bits per heavy atom. The fourth-order valence-electron chi connectivity index (χ4n) is 1.62. The predicted molar refractivity (Wildman–Crippen MR) is 65.5 cm³/mol. The van der Waals surface area contributed by atoms with Crippen LogP contribution in [0.1, 0.15) is 17.3 Å². The van der Waals surface area contributed by atoms with Gasteiger partial charge in [-0.1, -0.05) is 17.7 Å². The summed E-state index contributed by atoms with van der Waals surface area (Å²) in [5.74, 6) is 0.768. The number of ketones is 1. The fourth-order valence-corrected chi connectivity index (χ4v) is 1.90. The van der Waals surface area contributed by atoms with E-state index in [1.165, 1.54) is 6.92 Å². The van der Waals surface area contributed by atoms with Gasteiger partial charge < -0.3 is 4.74 Å². The van der Waals surface area contributed by atoms with E-state index in [2.05, 4.69) is 0 Å². The van der Waals surface area contributed by atoms with Gasteiger partial charge in [0.05, 0.1) is 7.11 Å². The van der Waals surface area contributed by atoms with Crippen molar-refractivity contribution in [1.29, 1.82) is 0 Å². The largest absolute Gasteiger partial charge is 0.497 e. The van der Waals surface area contributed by atoms with Gasteiger partial charge in [-0.25, -0.2) is 0 Å². The van der Waals surface area contributed by atoms with Gasteiger partial charge in [-0.3, -0.25) is 4.79 Å². The number of hydrogen-bond donors (Lipinski definition) is 0. The summed E-state index contributed by atoms with van der Waals surface area (Å²) in [6.07, 6.45) is 0. The highest BCUT2D eigenvalue weighted by Crippen LogP contribution is 2.29. The summed E-state index contributed by atoms with van der Waals surface area (Å²) in [6, 6.07) is 9.13. The number of halogens is 1. The Kier molecular flexibility index (Phi) is 2.84. The summed E-state index contributed by atoms with van der Waals surface area (Å²) in [6.45, 7) is 1.53. The third-order valence-electron chi connectivity index (χ3n) is 2.52. The van der Waals surface area contributed by atoms with Gasteiger partial charge >= 0.3 is 0 Å². The number of rotatable bonds is 2. The Morgan fingerprint density at radius 1 is 1.25 bits per heavy atom. The number of carbonyl (C=O) groups is 1. The number of methoxy groups -OCH3 is 1. The molecule has 0 fully saturated rings. The van der Waals surface area contributed by atoms with Gasteiger partial charge in [-0.15, -0.1) is 0 Å². The molecule has 0 aliphatic carbocycles. The maximum absolute atomic E-state index is 11.3. The van der Waals surface area contributed by atoms with Crippen LogP contribution in [0, 0.1) is 0 Å². The number of Topliss-reactive ketones (excluding diaryl/α,β-unsaturated/α-hetero) is 1. The van der Waals surface area contributed by atoms with Gasteiger partial charge in [0, 0.05) is 16.0 Å². The van der Waals surface area contributed by atoms with Crippen molar-refractivity contribution >= 4 is 28.2 Å². The Labute approximate surface area is 98.8 Å². The van der Waals surface area contributed by atoms with Gasteiger partial charge in [0.1, 0.15) is 5.75 Å². The molecule has 0 aliphatic heterocycles. The molecule has 0 aliphatic rings. The molecule has 0 amide bonds. The first-order valence-electron chi connectivity index (χ1n) is 4.90. The zero-order chi connectivity index (χ0) is 11.7. The van der Waals surface area contributed by atoms with Crippen molar-refractivity contribution in [3.8, 4) is 5.75 Å². The van der Waals surface area contributed by atoms with Gasteiger partial charge in [0.25, 0.3) is 0 Å². The second-order valence-corrected chi connectivity index (χ2v) is 4.01. The van der Waals surface area contributed by atoms with Crippen LogP contribution in [0.2, 0.25) is 5.02 Å². The number of carbonyl (C=O) groups excluding carboxylic acids is 1. The normalized spacial score (nSPS) is 10.4. The highest BCUT2D eigenvalue weighted by Gasteiger charge is 2.06. The molecule has 0 bridgehead atoms. The Bertz CT molecular complexity index is 561. The lowest BCUT2D eigenvalue weighted by atomic mass is 10.0. The summed E-state index contributed by atoms with van der Waals surface area (Å²) in [5, 5.41) is 2.41. The third kappa shape index (κ3) is 1.89. The summed E-state index contributed by atoms with van der Waals surface area (Å²) in [4.78, 5) is 11.3. The molecule has 2 nitrogen and oxygen atoms in total. The molecule has 3 heteroatoms. The molecule has 0 atom stereocenters. The van der Waals surface area contributed by atoms with Gasteiger partial charge in [-0.05, 0) is 36.6 Å². The number of fused-ring (bicyclic) bond motifs is 1. The zero-order valence-electron chi connectivity index (χ0n) is 9.08. The van der Waals surface area contributed by atoms with Gasteiger partial charge in [0.2, 0.25) is 0 Å². The fraction of sp³-hybridized carbons (Fsp3) is 0.154. The van der Waals surface area contributed by atoms with Crippen molar-refractivity contribution in [1.82, 2.24) is 0 Å². The monoisotopic (exact) mass is 234 g/mol. The van der Waals surface area contributed by atoms with E-state index in [4.69, 9.17) is 16.3 Å². The minimum absolute atomic E-state index is 0.0135. The molecule has 2 aromatic carbocycles. The first-order valence-corrected chi connectivity index (χ1v) is 5.28. The van der Waals surface area contributed by atoms with Crippen LogP contribution in [0.4, 0.5) is 0 Å². The highest BCUT2D eigenvalue weighted by molar-refractivity contribution is 6.36. The number of benzene rings is 2.